The molecule has 116 valence electrons. The third-order valence-corrected chi connectivity index (χ3v) is 3.22. The molecule has 0 aliphatic carbocycles. The van der Waals surface area contributed by atoms with Crippen molar-refractivity contribution < 1.29 is 14.0 Å². The van der Waals surface area contributed by atoms with Crippen LogP contribution in [-0.4, -0.2) is 23.2 Å². The van der Waals surface area contributed by atoms with Gasteiger partial charge in [-0.15, -0.1) is 0 Å². The fourth-order valence-electron chi connectivity index (χ4n) is 2.13. The Morgan fingerprint density at radius 2 is 2.23 bits per heavy atom. The van der Waals surface area contributed by atoms with E-state index in [2.05, 4.69) is 10.3 Å². The summed E-state index contributed by atoms with van der Waals surface area (Å²) in [6, 6.07) is 4.43. The Hall–Kier alpha value is -2.47. The zero-order chi connectivity index (χ0) is 16.1. The number of carbonyl (C=O) groups is 2. The van der Waals surface area contributed by atoms with Crippen LogP contribution >= 0.6 is 0 Å². The summed E-state index contributed by atoms with van der Waals surface area (Å²) >= 11 is 0. The minimum atomic E-state index is -0.603. The molecule has 0 aliphatic heterocycles. The molecule has 6 heteroatoms. The van der Waals surface area contributed by atoms with Crippen molar-refractivity contribution in [3.63, 3.8) is 0 Å². The molecule has 1 heterocycles. The van der Waals surface area contributed by atoms with Crippen molar-refractivity contribution in [2.24, 2.45) is 11.7 Å². The lowest BCUT2D eigenvalue weighted by Gasteiger charge is -2.15. The molecule has 0 aliphatic rings. The Labute approximate surface area is 128 Å². The monoisotopic (exact) mass is 301 g/mol. The lowest BCUT2D eigenvalue weighted by molar-refractivity contribution is -0.117. The number of hydrogen-bond acceptors (Lipinski definition) is 5. The van der Waals surface area contributed by atoms with Gasteiger partial charge in [-0.3, -0.25) is 9.59 Å². The Kier molecular flexibility index (Phi) is 5.06. The summed E-state index contributed by atoms with van der Waals surface area (Å²) in [7, 11) is 0. The molecule has 1 aromatic carbocycles. The number of oxazole rings is 1. The summed E-state index contributed by atoms with van der Waals surface area (Å²) in [4.78, 5) is 27.1. The van der Waals surface area contributed by atoms with Gasteiger partial charge in [-0.2, -0.15) is 0 Å². The number of carbonyl (C=O) groups excluding carboxylic acids is 2. The van der Waals surface area contributed by atoms with Crippen molar-refractivity contribution >= 4 is 17.9 Å². The molecular formula is C16H19N3O3. The number of nitrogens with zero attached hydrogens (tertiary/aromatic N) is 1. The molecule has 2 aromatic rings. The van der Waals surface area contributed by atoms with Crippen LogP contribution in [0.3, 0.4) is 0 Å². The Bertz CT molecular complexity index is 651. The van der Waals surface area contributed by atoms with Gasteiger partial charge in [0.25, 0.3) is 0 Å². The largest absolute Gasteiger partial charge is 0.444 e. The third-order valence-electron chi connectivity index (χ3n) is 3.22. The first-order chi connectivity index (χ1) is 10.5. The normalized spacial score (nSPS) is 12.2. The van der Waals surface area contributed by atoms with Gasteiger partial charge >= 0.3 is 0 Å². The molecule has 0 fully saturated rings. The number of rotatable bonds is 6. The molecule has 0 bridgehead atoms. The lowest BCUT2D eigenvalue weighted by Crippen LogP contribution is -2.36. The van der Waals surface area contributed by atoms with Crippen molar-refractivity contribution in [3.05, 3.63) is 36.4 Å². The van der Waals surface area contributed by atoms with Crippen molar-refractivity contribution in [1.29, 1.82) is 0 Å². The lowest BCUT2D eigenvalue weighted by atomic mass is 10.0. The Balaban J connectivity index is 2.18. The maximum absolute atomic E-state index is 12.0. The molecule has 0 saturated heterocycles. The predicted octanol–water partition coefficient (Wildman–Crippen LogP) is 2.47. The third kappa shape index (κ3) is 3.79. The molecule has 3 N–H and O–H groups in total. The van der Waals surface area contributed by atoms with Crippen LogP contribution in [-0.2, 0) is 4.79 Å². The molecule has 1 unspecified atom stereocenters. The first kappa shape index (κ1) is 15.9. The number of amides is 1. The van der Waals surface area contributed by atoms with E-state index in [0.29, 0.717) is 41.2 Å². The molecule has 0 spiro atoms. The van der Waals surface area contributed by atoms with E-state index < -0.39 is 6.04 Å². The van der Waals surface area contributed by atoms with Crippen molar-refractivity contribution in [2.45, 2.75) is 26.3 Å². The molecule has 2 rings (SSSR count). The van der Waals surface area contributed by atoms with E-state index in [9.17, 15) is 9.59 Å². The molecule has 1 aromatic heterocycles. The smallest absolute Gasteiger partial charge is 0.241 e. The fraction of sp³-hybridized carbons (Fsp3) is 0.312. The Morgan fingerprint density at radius 3 is 2.82 bits per heavy atom. The SMILES string of the molecule is CC(C)CC(N)C(=O)Nc1ccc(-c2cnco2)cc1C=O. The highest BCUT2D eigenvalue weighted by Crippen LogP contribution is 2.24. The topological polar surface area (TPSA) is 98.2 Å². The van der Waals surface area contributed by atoms with E-state index >= 15 is 0 Å². The quantitative estimate of drug-likeness (QED) is 0.799. The molecule has 0 saturated carbocycles. The van der Waals surface area contributed by atoms with E-state index in [1.54, 1.807) is 24.4 Å². The van der Waals surface area contributed by atoms with Crippen LogP contribution in [0.1, 0.15) is 30.6 Å². The maximum Gasteiger partial charge on any atom is 0.241 e. The van der Waals surface area contributed by atoms with Gasteiger partial charge in [0.1, 0.15) is 0 Å². The van der Waals surface area contributed by atoms with Crippen molar-refractivity contribution in [3.8, 4) is 11.3 Å². The van der Waals surface area contributed by atoms with Crippen LogP contribution in [0.5, 0.6) is 0 Å². The highest BCUT2D eigenvalue weighted by molar-refractivity contribution is 5.99. The van der Waals surface area contributed by atoms with Gasteiger partial charge in [0, 0.05) is 11.1 Å². The zero-order valence-electron chi connectivity index (χ0n) is 12.6. The zero-order valence-corrected chi connectivity index (χ0v) is 12.6. The average Bonchev–Trinajstić information content (AvgIpc) is 3.01. The van der Waals surface area contributed by atoms with Crippen LogP contribution in [0.4, 0.5) is 5.69 Å². The summed E-state index contributed by atoms with van der Waals surface area (Å²) in [6.07, 6.45) is 4.14. The van der Waals surface area contributed by atoms with Crippen LogP contribution in [0.2, 0.25) is 0 Å². The second kappa shape index (κ2) is 7.00. The van der Waals surface area contributed by atoms with E-state index in [0.717, 1.165) is 0 Å². The van der Waals surface area contributed by atoms with Gasteiger partial charge in [0.2, 0.25) is 5.91 Å². The number of aldehydes is 1. The molecule has 1 atom stereocenters. The van der Waals surface area contributed by atoms with Crippen LogP contribution in [0.15, 0.2) is 35.2 Å². The van der Waals surface area contributed by atoms with Crippen molar-refractivity contribution in [2.75, 3.05) is 5.32 Å². The van der Waals surface area contributed by atoms with Crippen LogP contribution in [0, 0.1) is 5.92 Å². The average molecular weight is 301 g/mol. The number of aromatic nitrogens is 1. The van der Waals surface area contributed by atoms with Crippen LogP contribution < -0.4 is 11.1 Å². The van der Waals surface area contributed by atoms with Gasteiger partial charge in [-0.25, -0.2) is 4.98 Å². The molecule has 0 radical (unpaired) electrons. The summed E-state index contributed by atoms with van der Waals surface area (Å²) < 4.78 is 5.19. The fourth-order valence-corrected chi connectivity index (χ4v) is 2.13. The standard InChI is InChI=1S/C16H19N3O3/c1-10(2)5-13(17)16(21)19-14-4-3-11(6-12(14)8-20)15-7-18-9-22-15/h3-4,6-10,13H,5,17H2,1-2H3,(H,19,21). The second-order valence-electron chi connectivity index (χ2n) is 5.51. The highest BCUT2D eigenvalue weighted by atomic mass is 16.3. The summed E-state index contributed by atoms with van der Waals surface area (Å²) in [6.45, 7) is 3.99. The summed E-state index contributed by atoms with van der Waals surface area (Å²) in [5.74, 6) is 0.571. The molecular weight excluding hydrogens is 282 g/mol. The minimum absolute atomic E-state index is 0.302. The summed E-state index contributed by atoms with van der Waals surface area (Å²) in [5, 5.41) is 2.70. The summed E-state index contributed by atoms with van der Waals surface area (Å²) in [5.41, 5.74) is 7.35. The molecule has 6 nitrogen and oxygen atoms in total. The first-order valence-electron chi connectivity index (χ1n) is 7.05. The van der Waals surface area contributed by atoms with Crippen molar-refractivity contribution in [1.82, 2.24) is 4.98 Å². The highest BCUT2D eigenvalue weighted by Gasteiger charge is 2.17. The minimum Gasteiger partial charge on any atom is -0.444 e. The van der Waals surface area contributed by atoms with E-state index in [1.165, 1.54) is 6.39 Å². The number of benzene rings is 1. The molecule has 22 heavy (non-hydrogen) atoms. The number of nitrogens with one attached hydrogen (secondary N) is 1. The maximum atomic E-state index is 12.0. The van der Waals surface area contributed by atoms with E-state index in [1.807, 2.05) is 13.8 Å². The van der Waals surface area contributed by atoms with Crippen LogP contribution in [0.25, 0.3) is 11.3 Å². The number of nitrogens with two attached hydrogens (primary N) is 1. The van der Waals surface area contributed by atoms with E-state index in [-0.39, 0.29) is 5.91 Å². The van der Waals surface area contributed by atoms with E-state index in [4.69, 9.17) is 10.2 Å². The van der Waals surface area contributed by atoms with Gasteiger partial charge in [0.05, 0.1) is 17.9 Å². The predicted molar refractivity (Wildman–Crippen MR) is 83.4 cm³/mol. The Morgan fingerprint density at radius 1 is 1.45 bits per heavy atom. The first-order valence-corrected chi connectivity index (χ1v) is 7.05. The van der Waals surface area contributed by atoms with Gasteiger partial charge in [0.15, 0.2) is 18.4 Å². The molecule has 1 amide bonds. The van der Waals surface area contributed by atoms with Gasteiger partial charge in [-0.1, -0.05) is 13.8 Å². The number of anilines is 1. The second-order valence-corrected chi connectivity index (χ2v) is 5.51. The number of hydrogen-bond donors (Lipinski definition) is 2. The van der Waals surface area contributed by atoms with Gasteiger partial charge < -0.3 is 15.5 Å². The van der Waals surface area contributed by atoms with Gasteiger partial charge in [-0.05, 0) is 30.5 Å².